The Morgan fingerprint density at radius 2 is 0.654 bits per heavy atom. The van der Waals surface area contributed by atoms with Crippen LogP contribution in [0.4, 0.5) is 0 Å². The monoisotopic (exact) mass is 1330 g/mol. The van der Waals surface area contributed by atoms with Gasteiger partial charge in [-0.15, -0.1) is 0 Å². The second-order valence-corrected chi connectivity index (χ2v) is 25.9. The molecule has 0 amide bonds. The zero-order chi connectivity index (χ0) is 69.5. The van der Waals surface area contributed by atoms with Crippen molar-refractivity contribution in [2.75, 3.05) is 0 Å². The first-order valence-corrected chi connectivity index (χ1v) is 34.6. The first-order chi connectivity index (χ1) is 51.3. The largest absolute Gasteiger partial charge is 0.264 e. The Morgan fingerprint density at radius 3 is 1.34 bits per heavy atom. The van der Waals surface area contributed by atoms with Gasteiger partial charge in [-0.25, -0.2) is 34.9 Å². The van der Waals surface area contributed by atoms with Crippen molar-refractivity contribution in [2.24, 2.45) is 0 Å². The summed E-state index contributed by atoms with van der Waals surface area (Å²) in [6.45, 7) is 4.09. The van der Waals surface area contributed by atoms with E-state index in [1.807, 2.05) is 98.0 Å². The molecule has 19 rings (SSSR count). The van der Waals surface area contributed by atoms with Crippen LogP contribution in [-0.2, 0) is 0 Å². The van der Waals surface area contributed by atoms with E-state index in [2.05, 4.69) is 242 Å². The molecule has 11 aromatic carbocycles. The van der Waals surface area contributed by atoms with Crippen molar-refractivity contribution in [3.05, 3.63) is 345 Å². The number of pyridine rings is 6. The zero-order valence-electron chi connectivity index (χ0n) is 56.7. The van der Waals surface area contributed by atoms with Gasteiger partial charge in [0.05, 0.1) is 50.4 Å². The molecule has 0 radical (unpaired) electrons. The van der Waals surface area contributed by atoms with Gasteiger partial charge >= 0.3 is 0 Å². The van der Waals surface area contributed by atoms with Gasteiger partial charge in [0.1, 0.15) is 0 Å². The van der Waals surface area contributed by atoms with Gasteiger partial charge in [0.25, 0.3) is 0 Å². The summed E-state index contributed by atoms with van der Waals surface area (Å²) in [5, 5.41) is 7.68. The molecule has 19 aromatic rings. The number of fused-ring (bicyclic) bond motifs is 8. The quantitative estimate of drug-likeness (QED) is 0.114. The Bertz CT molecular complexity index is 6430. The van der Waals surface area contributed by atoms with Gasteiger partial charge in [0.2, 0.25) is 0 Å². The third-order valence-corrected chi connectivity index (χ3v) is 19.0. The second-order valence-electron chi connectivity index (χ2n) is 25.9. The summed E-state index contributed by atoms with van der Waals surface area (Å²) < 4.78 is 0. The van der Waals surface area contributed by atoms with E-state index in [-0.39, 0.29) is 0 Å². The molecule has 0 aliphatic heterocycles. The summed E-state index contributed by atoms with van der Waals surface area (Å²) in [6, 6.07) is 109. The summed E-state index contributed by atoms with van der Waals surface area (Å²) in [5.74, 6) is 2.47. The number of hydrogen-bond acceptors (Lipinski definition) is 11. The van der Waals surface area contributed by atoms with Crippen molar-refractivity contribution in [1.82, 2.24) is 54.8 Å². The third kappa shape index (κ3) is 12.3. The maximum atomic E-state index is 5.29. The van der Waals surface area contributed by atoms with Crippen LogP contribution in [0.25, 0.3) is 189 Å². The molecule has 0 fully saturated rings. The highest BCUT2D eigenvalue weighted by Crippen LogP contribution is 2.40. The highest BCUT2D eigenvalue weighted by molar-refractivity contribution is 6.10. The number of aryl methyl sites for hydroxylation is 2. The molecular weight excluding hydrogens is 1270 g/mol. The number of nitrogens with zero attached hydrogens (tertiary/aromatic N) is 11. The minimum absolute atomic E-state index is 0.586. The van der Waals surface area contributed by atoms with Gasteiger partial charge in [0, 0.05) is 107 Å². The lowest BCUT2D eigenvalue weighted by Crippen LogP contribution is -2.00. The third-order valence-electron chi connectivity index (χ3n) is 19.0. The predicted octanol–water partition coefficient (Wildman–Crippen LogP) is 22.6. The minimum Gasteiger partial charge on any atom is -0.264 e. The molecular formula is C93H61N11. The molecule has 8 heterocycles. The van der Waals surface area contributed by atoms with E-state index in [0.717, 1.165) is 167 Å². The number of para-hydroxylation sites is 1. The van der Waals surface area contributed by atoms with Crippen molar-refractivity contribution >= 4 is 65.3 Å². The number of aromatic nitrogens is 11. The lowest BCUT2D eigenvalue weighted by Gasteiger charge is -2.14. The highest BCUT2D eigenvalue weighted by Gasteiger charge is 2.20. The molecule has 488 valence electrons. The Labute approximate surface area is 599 Å². The van der Waals surface area contributed by atoms with E-state index in [4.69, 9.17) is 49.8 Å². The molecule has 0 spiro atoms. The lowest BCUT2D eigenvalue weighted by molar-refractivity contribution is 1.07. The fourth-order valence-electron chi connectivity index (χ4n) is 13.9. The van der Waals surface area contributed by atoms with Crippen molar-refractivity contribution in [1.29, 1.82) is 0 Å². The van der Waals surface area contributed by atoms with Gasteiger partial charge < -0.3 is 0 Å². The average Bonchev–Trinajstić information content (AvgIpc) is 0.755. The summed E-state index contributed by atoms with van der Waals surface area (Å²) in [6.07, 6.45) is 5.37. The van der Waals surface area contributed by atoms with E-state index in [9.17, 15) is 0 Å². The smallest absolute Gasteiger partial charge is 0.165 e. The van der Waals surface area contributed by atoms with E-state index < -0.39 is 0 Å². The maximum absolute atomic E-state index is 5.29. The van der Waals surface area contributed by atoms with Crippen LogP contribution in [0.1, 0.15) is 11.4 Å². The van der Waals surface area contributed by atoms with Crippen LogP contribution in [0.2, 0.25) is 0 Å². The van der Waals surface area contributed by atoms with Gasteiger partial charge in [-0.3, -0.25) is 19.9 Å². The minimum atomic E-state index is 0.586. The second kappa shape index (κ2) is 26.9. The number of benzene rings is 11. The fraction of sp³-hybridized carbons (Fsp3) is 0.0215. The summed E-state index contributed by atoms with van der Waals surface area (Å²) in [5.41, 5.74) is 24.3. The van der Waals surface area contributed by atoms with Crippen molar-refractivity contribution < 1.29 is 0 Å². The molecule has 8 aromatic heterocycles. The first-order valence-electron chi connectivity index (χ1n) is 34.6. The zero-order valence-corrected chi connectivity index (χ0v) is 56.7. The van der Waals surface area contributed by atoms with Crippen LogP contribution in [0.15, 0.2) is 334 Å². The van der Waals surface area contributed by atoms with E-state index in [1.165, 1.54) is 10.8 Å². The van der Waals surface area contributed by atoms with Crippen LogP contribution >= 0.6 is 0 Å². The molecule has 0 bridgehead atoms. The van der Waals surface area contributed by atoms with Gasteiger partial charge in [-0.05, 0) is 119 Å². The van der Waals surface area contributed by atoms with Crippen molar-refractivity contribution in [3.8, 4) is 124 Å². The highest BCUT2D eigenvalue weighted by atomic mass is 15.0. The van der Waals surface area contributed by atoms with Crippen LogP contribution in [0.5, 0.6) is 0 Å². The number of hydrogen-bond donors (Lipinski definition) is 0. The topological polar surface area (TPSA) is 142 Å². The standard InChI is InChI=1S/C48H31N5.C45H30N6/c1-30-26-41(40-23-21-34-22-24-42(51-46(34)47(40)50-30)37-20-19-31-10-5-6-13-35(31)27-37)44-29-43(32-11-3-2-4-12-32)52-48(53-44)38-16-7-15-36(28-38)39-18-8-14-33-17-9-25-49-45(33)39;1-29-26-39(38-23-21-32-22-24-40(31-10-4-2-5-11-31)48-41(32)42(38)47-29)36-15-8-14-35(27-36)30-17-19-34(20-18-30)44-49-43(33-12-6-3-7-13-33)50-45(51-44)37-16-9-25-46-28-37/h2-29H,1H3;2-28H,1H3. The average molecular weight is 1330 g/mol. The maximum Gasteiger partial charge on any atom is 0.165 e. The van der Waals surface area contributed by atoms with Crippen LogP contribution < -0.4 is 0 Å². The lowest BCUT2D eigenvalue weighted by atomic mass is 9.95. The molecule has 0 unspecified atom stereocenters. The van der Waals surface area contributed by atoms with E-state index in [0.29, 0.717) is 23.3 Å². The Balaban J connectivity index is 0.000000148. The van der Waals surface area contributed by atoms with Crippen LogP contribution in [0, 0.1) is 13.8 Å². The number of rotatable bonds is 11. The molecule has 11 heteroatoms. The van der Waals surface area contributed by atoms with E-state index in [1.54, 1.807) is 12.4 Å². The molecule has 0 saturated carbocycles. The molecule has 0 aliphatic rings. The van der Waals surface area contributed by atoms with Gasteiger partial charge in [-0.1, -0.05) is 249 Å². The Kier molecular flexibility index (Phi) is 16.1. The Hall–Kier alpha value is -14.0. The summed E-state index contributed by atoms with van der Waals surface area (Å²) in [4.78, 5) is 54.5. The molecule has 11 nitrogen and oxygen atoms in total. The van der Waals surface area contributed by atoms with Crippen molar-refractivity contribution in [3.63, 3.8) is 0 Å². The molecule has 0 atom stereocenters. The Morgan fingerprint density at radius 1 is 0.202 bits per heavy atom. The van der Waals surface area contributed by atoms with Gasteiger partial charge in [0.15, 0.2) is 23.3 Å². The molecule has 0 aliphatic carbocycles. The predicted molar refractivity (Wildman–Crippen MR) is 423 cm³/mol. The first kappa shape index (κ1) is 62.2. The SMILES string of the molecule is Cc1cc(-c2cc(-c3ccccc3)nc(-c3cccc(-c4cccc5cccnc45)c3)n2)c2ccc3ccc(-c4ccc5ccccc5c4)nc3c2n1.Cc1cc(-c2cccc(-c3ccc(-c4nc(-c5ccccc5)nc(-c5cccnc5)n4)cc3)c2)c2ccc3ccc(-c4ccccc4)nc3c2n1. The fourth-order valence-corrected chi connectivity index (χ4v) is 13.9. The summed E-state index contributed by atoms with van der Waals surface area (Å²) in [7, 11) is 0. The van der Waals surface area contributed by atoms with Gasteiger partial charge in [-0.2, -0.15) is 0 Å². The molecule has 0 saturated heterocycles. The van der Waals surface area contributed by atoms with Crippen molar-refractivity contribution in [2.45, 2.75) is 13.8 Å². The normalized spacial score (nSPS) is 11.4. The molecule has 0 N–H and O–H groups in total. The molecule has 104 heavy (non-hydrogen) atoms. The van der Waals surface area contributed by atoms with E-state index >= 15 is 0 Å². The van der Waals surface area contributed by atoms with Crippen LogP contribution in [0.3, 0.4) is 0 Å². The summed E-state index contributed by atoms with van der Waals surface area (Å²) >= 11 is 0. The van der Waals surface area contributed by atoms with Crippen LogP contribution in [-0.4, -0.2) is 54.8 Å².